The highest BCUT2D eigenvalue weighted by Crippen LogP contribution is 2.31. The fourth-order valence-corrected chi connectivity index (χ4v) is 5.77. The van der Waals surface area contributed by atoms with Gasteiger partial charge in [-0.25, -0.2) is 4.79 Å². The molecule has 3 atom stereocenters. The van der Waals surface area contributed by atoms with Gasteiger partial charge in [0.05, 0.1) is 0 Å². The zero-order valence-corrected chi connectivity index (χ0v) is 29.2. The van der Waals surface area contributed by atoms with Crippen molar-refractivity contribution < 1.29 is 24.2 Å². The molecule has 8 heteroatoms. The van der Waals surface area contributed by atoms with Crippen molar-refractivity contribution in [3.8, 4) is 18.1 Å². The van der Waals surface area contributed by atoms with E-state index < -0.39 is 41.6 Å². The van der Waals surface area contributed by atoms with E-state index in [0.29, 0.717) is 34.7 Å². The molecule has 4 aromatic carbocycles. The zero-order chi connectivity index (χ0) is 35.7. The Labute approximate surface area is 289 Å². The van der Waals surface area contributed by atoms with Crippen molar-refractivity contribution in [2.45, 2.75) is 84.5 Å². The van der Waals surface area contributed by atoms with E-state index in [1.165, 1.54) is 12.1 Å². The molecule has 0 aliphatic heterocycles. The molecule has 49 heavy (non-hydrogen) atoms. The summed E-state index contributed by atoms with van der Waals surface area (Å²) in [5.74, 6) is 2.21. The van der Waals surface area contributed by atoms with Crippen LogP contribution in [0.25, 0.3) is 10.8 Å². The first-order valence-electron chi connectivity index (χ1n) is 16.7. The molecule has 0 fully saturated rings. The van der Waals surface area contributed by atoms with E-state index in [2.05, 4.69) is 30.4 Å². The van der Waals surface area contributed by atoms with E-state index in [-0.39, 0.29) is 12.2 Å². The van der Waals surface area contributed by atoms with Crippen molar-refractivity contribution in [2.75, 3.05) is 5.32 Å². The fraction of sp³-hybridized carbons (Fsp3) is 0.341. The van der Waals surface area contributed by atoms with Gasteiger partial charge in [-0.1, -0.05) is 80.4 Å². The van der Waals surface area contributed by atoms with Crippen molar-refractivity contribution in [3.63, 3.8) is 0 Å². The number of ether oxygens (including phenoxy) is 1. The van der Waals surface area contributed by atoms with Crippen LogP contribution in [0.4, 0.5) is 10.5 Å². The topological polar surface area (TPSA) is 108 Å². The minimum absolute atomic E-state index is 0.0759. The molecule has 0 aromatic heterocycles. The Hall–Kier alpha value is -5.29. The second-order valence-corrected chi connectivity index (χ2v) is 13.8. The molecule has 0 aliphatic rings. The number of terminal acetylenes is 1. The predicted molar refractivity (Wildman–Crippen MR) is 195 cm³/mol. The lowest BCUT2D eigenvalue weighted by molar-refractivity contribution is -0.143. The number of nitrogens with zero attached hydrogens (tertiary/aromatic N) is 1. The molecule has 3 unspecified atom stereocenters. The Kier molecular flexibility index (Phi) is 12.1. The van der Waals surface area contributed by atoms with Crippen molar-refractivity contribution in [2.24, 2.45) is 5.92 Å². The smallest absolute Gasteiger partial charge is 0.408 e. The van der Waals surface area contributed by atoms with Crippen molar-refractivity contribution in [1.82, 2.24) is 10.2 Å². The first-order valence-corrected chi connectivity index (χ1v) is 16.7. The number of hydrogen-bond acceptors (Lipinski definition) is 5. The predicted octanol–water partition coefficient (Wildman–Crippen LogP) is 8.00. The highest BCUT2D eigenvalue weighted by molar-refractivity contribution is 6.01. The summed E-state index contributed by atoms with van der Waals surface area (Å²) in [5, 5.41) is 17.7. The molecular weight excluding hydrogens is 614 g/mol. The molecule has 4 rings (SSSR count). The van der Waals surface area contributed by atoms with Crippen LogP contribution in [0.2, 0.25) is 0 Å². The van der Waals surface area contributed by atoms with Crippen LogP contribution in [0.1, 0.15) is 77.1 Å². The largest absolute Gasteiger partial charge is 0.508 e. The van der Waals surface area contributed by atoms with Crippen LogP contribution in [-0.2, 0) is 20.7 Å². The molecule has 256 valence electrons. The molecule has 4 aromatic rings. The number of anilines is 1. The molecule has 0 aliphatic carbocycles. The van der Waals surface area contributed by atoms with E-state index in [0.717, 1.165) is 17.2 Å². The van der Waals surface area contributed by atoms with Crippen LogP contribution in [0.15, 0.2) is 91.0 Å². The van der Waals surface area contributed by atoms with Gasteiger partial charge in [-0.2, -0.15) is 0 Å². The number of carbonyl (C=O) groups is 3. The maximum absolute atomic E-state index is 15.0. The Bertz CT molecular complexity index is 1800. The normalized spacial score (nSPS) is 13.2. The van der Waals surface area contributed by atoms with E-state index >= 15 is 4.79 Å². The van der Waals surface area contributed by atoms with Gasteiger partial charge in [0.15, 0.2) is 0 Å². The Balaban J connectivity index is 1.84. The third-order valence-electron chi connectivity index (χ3n) is 8.21. The number of rotatable bonds is 12. The van der Waals surface area contributed by atoms with Gasteiger partial charge in [-0.05, 0) is 98.7 Å². The number of nitrogens with one attached hydrogen (secondary N) is 2. The number of fused-ring (bicyclic) bond motifs is 1. The molecule has 0 heterocycles. The van der Waals surface area contributed by atoms with Gasteiger partial charge in [0.25, 0.3) is 5.91 Å². The number of benzene rings is 4. The Morgan fingerprint density at radius 1 is 0.878 bits per heavy atom. The van der Waals surface area contributed by atoms with Gasteiger partial charge >= 0.3 is 6.09 Å². The first kappa shape index (κ1) is 36.5. The molecule has 0 saturated heterocycles. The van der Waals surface area contributed by atoms with Crippen LogP contribution >= 0.6 is 0 Å². The summed E-state index contributed by atoms with van der Waals surface area (Å²) in [6.07, 6.45) is 6.69. The van der Waals surface area contributed by atoms with E-state index in [1.54, 1.807) is 62.1 Å². The number of amides is 3. The second kappa shape index (κ2) is 16.2. The van der Waals surface area contributed by atoms with E-state index in [1.807, 2.05) is 49.4 Å². The maximum atomic E-state index is 15.0. The van der Waals surface area contributed by atoms with Gasteiger partial charge in [-0.3, -0.25) is 9.59 Å². The molecule has 3 N–H and O–H groups in total. The van der Waals surface area contributed by atoms with Crippen LogP contribution in [-0.4, -0.2) is 45.6 Å². The van der Waals surface area contributed by atoms with Crippen LogP contribution in [0, 0.1) is 18.3 Å². The first-order chi connectivity index (χ1) is 23.3. The average molecular weight is 662 g/mol. The lowest BCUT2D eigenvalue weighted by Crippen LogP contribution is -2.55. The minimum atomic E-state index is -1.14. The highest BCUT2D eigenvalue weighted by Gasteiger charge is 2.40. The average Bonchev–Trinajstić information content (AvgIpc) is 3.05. The molecule has 3 amide bonds. The monoisotopic (exact) mass is 661 g/mol. The number of hydrogen-bond donors (Lipinski definition) is 3. The molecule has 0 spiro atoms. The summed E-state index contributed by atoms with van der Waals surface area (Å²) in [5.41, 5.74) is 1.43. The summed E-state index contributed by atoms with van der Waals surface area (Å²) in [6.45, 7) is 11.4. The van der Waals surface area contributed by atoms with Gasteiger partial charge in [-0.15, -0.1) is 6.42 Å². The Morgan fingerprint density at radius 3 is 2.18 bits per heavy atom. The maximum Gasteiger partial charge on any atom is 0.408 e. The van der Waals surface area contributed by atoms with E-state index in [9.17, 15) is 14.7 Å². The zero-order valence-electron chi connectivity index (χ0n) is 29.2. The third kappa shape index (κ3) is 10.1. The SMILES string of the molecule is C#Cc1ccccc1C(C(=O)Nc1ccc2ccccc2c1)N(C(=O)C(Cc1ccc(O)cc1)NC(=O)OC(C)(C)C)C(C)CCC(C)C. The van der Waals surface area contributed by atoms with Crippen LogP contribution in [0.5, 0.6) is 5.75 Å². The van der Waals surface area contributed by atoms with Gasteiger partial charge < -0.3 is 25.4 Å². The van der Waals surface area contributed by atoms with Gasteiger partial charge in [0.2, 0.25) is 5.91 Å². The quantitative estimate of drug-likeness (QED) is 0.133. The van der Waals surface area contributed by atoms with Crippen LogP contribution < -0.4 is 10.6 Å². The van der Waals surface area contributed by atoms with Gasteiger partial charge in [0.1, 0.15) is 23.4 Å². The summed E-state index contributed by atoms with van der Waals surface area (Å²) in [4.78, 5) is 44.4. The third-order valence-corrected chi connectivity index (χ3v) is 8.21. The van der Waals surface area contributed by atoms with Crippen molar-refractivity contribution in [1.29, 1.82) is 0 Å². The lowest BCUT2D eigenvalue weighted by atomic mass is 9.93. The summed E-state index contributed by atoms with van der Waals surface area (Å²) >= 11 is 0. The second-order valence-electron chi connectivity index (χ2n) is 13.8. The lowest BCUT2D eigenvalue weighted by Gasteiger charge is -2.39. The number of alkyl carbamates (subject to hydrolysis) is 1. The minimum Gasteiger partial charge on any atom is -0.508 e. The highest BCUT2D eigenvalue weighted by atomic mass is 16.6. The Morgan fingerprint density at radius 2 is 1.53 bits per heavy atom. The number of phenolic OH excluding ortho intramolecular Hbond substituents is 1. The molecule has 0 radical (unpaired) electrons. The van der Waals surface area contributed by atoms with E-state index in [4.69, 9.17) is 11.2 Å². The molecular formula is C41H47N3O5. The van der Waals surface area contributed by atoms with Gasteiger partial charge in [0, 0.05) is 23.7 Å². The van der Waals surface area contributed by atoms with Crippen LogP contribution in [0.3, 0.4) is 0 Å². The summed E-state index contributed by atoms with van der Waals surface area (Å²) < 4.78 is 5.57. The summed E-state index contributed by atoms with van der Waals surface area (Å²) in [6, 6.07) is 24.3. The fourth-order valence-electron chi connectivity index (χ4n) is 5.77. The molecule has 0 bridgehead atoms. The number of carbonyl (C=O) groups excluding carboxylic acids is 3. The standard InChI is InChI=1S/C41H47N3O5/c1-8-30-13-11-12-16-35(30)37(38(46)42-33-22-21-31-14-9-10-15-32(31)26-33)44(28(4)18-17-27(2)3)39(47)36(43-40(48)49-41(5,6)7)25-29-19-23-34(45)24-20-29/h1,9-16,19-24,26-28,36-37,45H,17-18,25H2,2-7H3,(H,42,46)(H,43,48). The molecule has 0 saturated carbocycles. The summed E-state index contributed by atoms with van der Waals surface area (Å²) in [7, 11) is 0. The van der Waals surface area contributed by atoms with Crippen molar-refractivity contribution in [3.05, 3.63) is 108 Å². The van der Waals surface area contributed by atoms with Crippen molar-refractivity contribution >= 4 is 34.4 Å². The number of aromatic hydroxyl groups is 1. The molecule has 8 nitrogen and oxygen atoms in total. The number of phenols is 1.